The summed E-state index contributed by atoms with van der Waals surface area (Å²) in [6.07, 6.45) is 10.1. The van der Waals surface area contributed by atoms with E-state index < -0.39 is 0 Å². The van der Waals surface area contributed by atoms with Gasteiger partial charge in [-0.2, -0.15) is 0 Å². The maximum Gasteiger partial charge on any atom is 0.0224 e. The number of nitrogens with one attached hydrogen (secondary N) is 1. The van der Waals surface area contributed by atoms with E-state index in [1.165, 1.54) is 71.1 Å². The minimum absolute atomic E-state index is 0.714. The number of rotatable bonds is 4. The molecule has 0 bridgehead atoms. The Bertz CT molecular complexity index is 301. The van der Waals surface area contributed by atoms with E-state index in [1.54, 1.807) is 0 Å². The van der Waals surface area contributed by atoms with Gasteiger partial charge in [-0.15, -0.1) is 0 Å². The summed E-state index contributed by atoms with van der Waals surface area (Å²) in [6.45, 7) is 7.66. The van der Waals surface area contributed by atoms with E-state index in [1.807, 2.05) is 0 Å². The lowest BCUT2D eigenvalue weighted by molar-refractivity contribution is 0.0451. The van der Waals surface area contributed by atoms with Crippen molar-refractivity contribution in [2.75, 3.05) is 33.2 Å². The summed E-state index contributed by atoms with van der Waals surface area (Å²) in [5.41, 5.74) is 0. The van der Waals surface area contributed by atoms with Crippen LogP contribution in [0.4, 0.5) is 0 Å². The van der Waals surface area contributed by atoms with Gasteiger partial charge in [0.05, 0.1) is 0 Å². The van der Waals surface area contributed by atoms with Crippen molar-refractivity contribution < 1.29 is 0 Å². The largest absolute Gasteiger partial charge is 0.315 e. The van der Waals surface area contributed by atoms with Crippen molar-refractivity contribution in [1.29, 1.82) is 0 Å². The molecule has 3 atom stereocenters. The van der Waals surface area contributed by atoms with Crippen LogP contribution in [0, 0.1) is 5.92 Å². The molecule has 3 nitrogen and oxygen atoms in total. The molecule has 0 aromatic rings. The van der Waals surface area contributed by atoms with Crippen LogP contribution in [0.5, 0.6) is 0 Å². The number of hydrogen-bond acceptors (Lipinski definition) is 3. The molecule has 2 saturated heterocycles. The summed E-state index contributed by atoms with van der Waals surface area (Å²) in [4.78, 5) is 5.51. The predicted molar refractivity (Wildman–Crippen MR) is 85.1 cm³/mol. The fraction of sp³-hybridized carbons (Fsp3) is 1.00. The first-order valence-electron chi connectivity index (χ1n) is 8.93. The van der Waals surface area contributed by atoms with Crippen molar-refractivity contribution >= 4 is 0 Å². The van der Waals surface area contributed by atoms with Gasteiger partial charge >= 0.3 is 0 Å². The van der Waals surface area contributed by atoms with Crippen molar-refractivity contribution in [3.8, 4) is 0 Å². The number of nitrogens with zero attached hydrogens (tertiary/aromatic N) is 2. The minimum atomic E-state index is 0.714. The third-order valence-electron chi connectivity index (χ3n) is 6.09. The summed E-state index contributed by atoms with van der Waals surface area (Å²) < 4.78 is 0. The van der Waals surface area contributed by atoms with E-state index in [4.69, 9.17) is 0 Å². The zero-order valence-corrected chi connectivity index (χ0v) is 13.5. The van der Waals surface area contributed by atoms with E-state index in [2.05, 4.69) is 29.1 Å². The molecular weight excluding hydrogens is 246 g/mol. The van der Waals surface area contributed by atoms with E-state index >= 15 is 0 Å². The monoisotopic (exact) mass is 279 g/mol. The van der Waals surface area contributed by atoms with Crippen molar-refractivity contribution in [2.24, 2.45) is 5.92 Å². The molecule has 0 spiro atoms. The molecule has 0 amide bonds. The van der Waals surface area contributed by atoms with Crippen LogP contribution in [0.2, 0.25) is 0 Å². The average molecular weight is 279 g/mol. The molecule has 0 aromatic carbocycles. The Morgan fingerprint density at radius 1 is 1.05 bits per heavy atom. The van der Waals surface area contributed by atoms with Crippen LogP contribution in [-0.2, 0) is 0 Å². The topological polar surface area (TPSA) is 18.5 Å². The molecule has 0 radical (unpaired) electrons. The van der Waals surface area contributed by atoms with Crippen LogP contribution in [0.3, 0.4) is 0 Å². The smallest absolute Gasteiger partial charge is 0.0224 e. The zero-order chi connectivity index (χ0) is 13.9. The number of piperazine rings is 1. The van der Waals surface area contributed by atoms with Crippen LogP contribution < -0.4 is 5.32 Å². The van der Waals surface area contributed by atoms with Crippen LogP contribution in [0.1, 0.15) is 51.9 Å². The fourth-order valence-electron chi connectivity index (χ4n) is 4.77. The number of likely N-dealkylation sites (N-methyl/N-ethyl adjacent to an activating group) is 1. The SMILES string of the molecule is CNC(CN1CC2CCCN2CC1C)C1CCCCC1. The summed E-state index contributed by atoms with van der Waals surface area (Å²) >= 11 is 0. The lowest BCUT2D eigenvalue weighted by Gasteiger charge is -2.44. The van der Waals surface area contributed by atoms with Gasteiger partial charge in [0.25, 0.3) is 0 Å². The lowest BCUT2D eigenvalue weighted by atomic mass is 9.83. The summed E-state index contributed by atoms with van der Waals surface area (Å²) in [7, 11) is 2.18. The van der Waals surface area contributed by atoms with Crippen molar-refractivity contribution in [3.63, 3.8) is 0 Å². The molecule has 20 heavy (non-hydrogen) atoms. The maximum atomic E-state index is 3.64. The van der Waals surface area contributed by atoms with E-state index in [9.17, 15) is 0 Å². The van der Waals surface area contributed by atoms with Crippen molar-refractivity contribution in [2.45, 2.75) is 70.0 Å². The number of hydrogen-bond donors (Lipinski definition) is 1. The van der Waals surface area contributed by atoms with Crippen LogP contribution in [-0.4, -0.2) is 61.2 Å². The fourth-order valence-corrected chi connectivity index (χ4v) is 4.77. The zero-order valence-electron chi connectivity index (χ0n) is 13.5. The highest BCUT2D eigenvalue weighted by Crippen LogP contribution is 2.29. The highest BCUT2D eigenvalue weighted by atomic mass is 15.3. The summed E-state index contributed by atoms with van der Waals surface area (Å²) in [5, 5.41) is 3.64. The molecule has 3 heteroatoms. The van der Waals surface area contributed by atoms with Crippen LogP contribution in [0.15, 0.2) is 0 Å². The quantitative estimate of drug-likeness (QED) is 0.852. The molecule has 0 aromatic heterocycles. The molecule has 1 saturated carbocycles. The molecule has 3 aliphatic rings. The molecule has 3 unspecified atom stereocenters. The molecular formula is C17H33N3. The van der Waals surface area contributed by atoms with Crippen molar-refractivity contribution in [3.05, 3.63) is 0 Å². The van der Waals surface area contributed by atoms with E-state index in [0.29, 0.717) is 6.04 Å². The van der Waals surface area contributed by atoms with Crippen molar-refractivity contribution in [1.82, 2.24) is 15.1 Å². The standard InChI is InChI=1S/C17H33N3/c1-14-11-19-10-6-9-16(19)12-20(14)13-17(18-2)15-7-4-3-5-8-15/h14-18H,3-13H2,1-2H3. The third kappa shape index (κ3) is 3.20. The Hall–Kier alpha value is -0.120. The Morgan fingerprint density at radius 3 is 2.60 bits per heavy atom. The molecule has 1 aliphatic carbocycles. The normalized spacial score (nSPS) is 35.1. The third-order valence-corrected chi connectivity index (χ3v) is 6.09. The first kappa shape index (κ1) is 14.8. The van der Waals surface area contributed by atoms with Crippen LogP contribution >= 0.6 is 0 Å². The molecule has 3 fully saturated rings. The van der Waals surface area contributed by atoms with Gasteiger partial charge < -0.3 is 5.32 Å². The molecule has 1 N–H and O–H groups in total. The Labute approximate surface area is 125 Å². The second kappa shape index (κ2) is 6.76. The second-order valence-electron chi connectivity index (χ2n) is 7.39. The van der Waals surface area contributed by atoms with Gasteiger partial charge in [-0.3, -0.25) is 9.80 Å². The van der Waals surface area contributed by atoms with Crippen LogP contribution in [0.25, 0.3) is 0 Å². The lowest BCUT2D eigenvalue weighted by Crippen LogP contribution is -2.58. The Balaban J connectivity index is 1.57. The highest BCUT2D eigenvalue weighted by Gasteiger charge is 2.35. The van der Waals surface area contributed by atoms with Gasteiger partial charge in [-0.05, 0) is 52.1 Å². The average Bonchev–Trinajstić information content (AvgIpc) is 2.92. The van der Waals surface area contributed by atoms with Gasteiger partial charge in [0.2, 0.25) is 0 Å². The van der Waals surface area contributed by atoms with Gasteiger partial charge in [0.15, 0.2) is 0 Å². The van der Waals surface area contributed by atoms with E-state index in [0.717, 1.165) is 18.0 Å². The van der Waals surface area contributed by atoms with E-state index in [-0.39, 0.29) is 0 Å². The second-order valence-corrected chi connectivity index (χ2v) is 7.39. The minimum Gasteiger partial charge on any atom is -0.315 e. The first-order valence-corrected chi connectivity index (χ1v) is 8.93. The Kier molecular flexibility index (Phi) is 5.00. The van der Waals surface area contributed by atoms with Gasteiger partial charge in [-0.25, -0.2) is 0 Å². The molecule has 2 aliphatic heterocycles. The first-order chi connectivity index (χ1) is 9.78. The van der Waals surface area contributed by atoms with Gasteiger partial charge in [0, 0.05) is 37.8 Å². The molecule has 2 heterocycles. The summed E-state index contributed by atoms with van der Waals surface area (Å²) in [5.74, 6) is 0.919. The van der Waals surface area contributed by atoms with Gasteiger partial charge in [0.1, 0.15) is 0 Å². The maximum absolute atomic E-state index is 3.64. The molecule has 116 valence electrons. The Morgan fingerprint density at radius 2 is 1.85 bits per heavy atom. The predicted octanol–water partition coefficient (Wildman–Crippen LogP) is 2.32. The number of fused-ring (bicyclic) bond motifs is 1. The summed E-state index contributed by atoms with van der Waals surface area (Å²) in [6, 6.07) is 2.31. The van der Waals surface area contributed by atoms with Gasteiger partial charge in [-0.1, -0.05) is 19.3 Å². The highest BCUT2D eigenvalue weighted by molar-refractivity contribution is 4.93. The molecule has 3 rings (SSSR count).